The summed E-state index contributed by atoms with van der Waals surface area (Å²) in [7, 11) is 0. The summed E-state index contributed by atoms with van der Waals surface area (Å²) in [5.74, 6) is -1.00. The smallest absolute Gasteiger partial charge is 0.309 e. The first-order chi connectivity index (χ1) is 10.5. The molecule has 0 bridgehead atoms. The van der Waals surface area contributed by atoms with Crippen LogP contribution in [0.3, 0.4) is 0 Å². The average Bonchev–Trinajstić information content (AvgIpc) is 3.07. The fourth-order valence-corrected chi connectivity index (χ4v) is 2.75. The molecule has 2 atom stereocenters. The van der Waals surface area contributed by atoms with Gasteiger partial charge in [0.25, 0.3) is 5.91 Å². The lowest BCUT2D eigenvalue weighted by molar-refractivity contribution is -0.155. The van der Waals surface area contributed by atoms with Crippen molar-refractivity contribution in [3.05, 3.63) is 22.4 Å². The predicted molar refractivity (Wildman–Crippen MR) is 82.2 cm³/mol. The molecule has 0 aliphatic heterocycles. The third-order valence-electron chi connectivity index (χ3n) is 3.24. The number of amides is 2. The molecule has 2 rings (SSSR count). The summed E-state index contributed by atoms with van der Waals surface area (Å²) < 4.78 is 5.15. The van der Waals surface area contributed by atoms with Gasteiger partial charge in [0.2, 0.25) is 5.91 Å². The lowest BCUT2D eigenvalue weighted by Crippen LogP contribution is -2.37. The van der Waals surface area contributed by atoms with Crippen LogP contribution in [0.15, 0.2) is 17.5 Å². The van der Waals surface area contributed by atoms with Crippen molar-refractivity contribution in [1.29, 1.82) is 0 Å². The van der Waals surface area contributed by atoms with Crippen LogP contribution in [0.4, 0.5) is 0 Å². The second-order valence-electron chi connectivity index (χ2n) is 5.39. The standard InChI is InChI=1S/C15H20N2O4S/c1-9(15(20)17-11-5-6-11)21-14(19)8-12(16-10(2)18)13-4-3-7-22-13/h3-4,7,9,11-12H,5-6,8H2,1-2H3,(H,16,18)(H,17,20). The van der Waals surface area contributed by atoms with E-state index in [0.29, 0.717) is 0 Å². The van der Waals surface area contributed by atoms with Crippen LogP contribution < -0.4 is 10.6 Å². The van der Waals surface area contributed by atoms with E-state index < -0.39 is 18.1 Å². The van der Waals surface area contributed by atoms with Crippen LogP contribution in [0.25, 0.3) is 0 Å². The molecule has 1 aromatic heterocycles. The highest BCUT2D eigenvalue weighted by Crippen LogP contribution is 2.23. The highest BCUT2D eigenvalue weighted by Gasteiger charge is 2.28. The molecule has 1 saturated carbocycles. The third kappa shape index (κ3) is 5.14. The van der Waals surface area contributed by atoms with Gasteiger partial charge in [-0.2, -0.15) is 0 Å². The second kappa shape index (κ2) is 7.40. The van der Waals surface area contributed by atoms with E-state index in [1.807, 2.05) is 17.5 Å². The van der Waals surface area contributed by atoms with E-state index in [4.69, 9.17) is 4.74 Å². The third-order valence-corrected chi connectivity index (χ3v) is 4.22. The minimum absolute atomic E-state index is 0.00113. The Bertz CT molecular complexity index is 540. The largest absolute Gasteiger partial charge is 0.452 e. The Kier molecular flexibility index (Phi) is 5.54. The van der Waals surface area contributed by atoms with Crippen LogP contribution >= 0.6 is 11.3 Å². The Morgan fingerprint density at radius 3 is 2.68 bits per heavy atom. The zero-order valence-corrected chi connectivity index (χ0v) is 13.4. The highest BCUT2D eigenvalue weighted by molar-refractivity contribution is 7.10. The Morgan fingerprint density at radius 1 is 1.41 bits per heavy atom. The highest BCUT2D eigenvalue weighted by atomic mass is 32.1. The van der Waals surface area contributed by atoms with Crippen molar-refractivity contribution < 1.29 is 19.1 Å². The molecule has 1 aliphatic carbocycles. The van der Waals surface area contributed by atoms with Gasteiger partial charge in [-0.3, -0.25) is 14.4 Å². The van der Waals surface area contributed by atoms with E-state index in [1.165, 1.54) is 18.3 Å². The maximum absolute atomic E-state index is 12.0. The van der Waals surface area contributed by atoms with Crippen molar-refractivity contribution >= 4 is 29.1 Å². The summed E-state index contributed by atoms with van der Waals surface area (Å²) in [6.07, 6.45) is 1.14. The van der Waals surface area contributed by atoms with E-state index in [0.717, 1.165) is 17.7 Å². The van der Waals surface area contributed by atoms with Gasteiger partial charge >= 0.3 is 5.97 Å². The van der Waals surface area contributed by atoms with E-state index in [1.54, 1.807) is 6.92 Å². The van der Waals surface area contributed by atoms with Crippen molar-refractivity contribution in [1.82, 2.24) is 10.6 Å². The Morgan fingerprint density at radius 2 is 2.14 bits per heavy atom. The summed E-state index contributed by atoms with van der Waals surface area (Å²) in [6.45, 7) is 2.95. The van der Waals surface area contributed by atoms with Crippen molar-refractivity contribution in [3.8, 4) is 0 Å². The molecule has 0 radical (unpaired) electrons. The second-order valence-corrected chi connectivity index (χ2v) is 6.37. The number of nitrogens with one attached hydrogen (secondary N) is 2. The fourth-order valence-electron chi connectivity index (χ4n) is 1.97. The normalized spacial score (nSPS) is 16.5. The summed E-state index contributed by atoms with van der Waals surface area (Å²) in [4.78, 5) is 35.9. The molecule has 22 heavy (non-hydrogen) atoms. The average molecular weight is 324 g/mol. The number of esters is 1. The molecular formula is C15H20N2O4S. The van der Waals surface area contributed by atoms with E-state index in [2.05, 4.69) is 10.6 Å². The Hall–Kier alpha value is -1.89. The monoisotopic (exact) mass is 324 g/mol. The number of thiophene rings is 1. The predicted octanol–water partition coefficient (Wildman–Crippen LogP) is 1.53. The molecule has 0 aromatic carbocycles. The van der Waals surface area contributed by atoms with Gasteiger partial charge < -0.3 is 15.4 Å². The molecule has 6 nitrogen and oxygen atoms in total. The number of carbonyl (C=O) groups is 3. The van der Waals surface area contributed by atoms with Crippen molar-refractivity contribution in [2.45, 2.75) is 51.3 Å². The SMILES string of the molecule is CC(=O)NC(CC(=O)OC(C)C(=O)NC1CC1)c1cccs1. The van der Waals surface area contributed by atoms with E-state index >= 15 is 0 Å². The van der Waals surface area contributed by atoms with Crippen LogP contribution in [0, 0.1) is 0 Å². The van der Waals surface area contributed by atoms with Gasteiger partial charge in [0.1, 0.15) is 0 Å². The molecule has 0 spiro atoms. The van der Waals surface area contributed by atoms with Crippen LogP contribution in [-0.2, 0) is 19.1 Å². The summed E-state index contributed by atoms with van der Waals surface area (Å²) in [5.41, 5.74) is 0. The van der Waals surface area contributed by atoms with Crippen LogP contribution in [0.5, 0.6) is 0 Å². The molecule has 2 unspecified atom stereocenters. The maximum atomic E-state index is 12.0. The van der Waals surface area contributed by atoms with Gasteiger partial charge in [-0.15, -0.1) is 11.3 Å². The van der Waals surface area contributed by atoms with Crippen LogP contribution in [0.2, 0.25) is 0 Å². The fraction of sp³-hybridized carbons (Fsp3) is 0.533. The Balaban J connectivity index is 1.87. The summed E-state index contributed by atoms with van der Waals surface area (Å²) in [5, 5.41) is 7.39. The zero-order valence-electron chi connectivity index (χ0n) is 12.6. The molecule has 120 valence electrons. The zero-order chi connectivity index (χ0) is 16.1. The minimum Gasteiger partial charge on any atom is -0.452 e. The number of ether oxygens (including phenoxy) is 1. The van der Waals surface area contributed by atoms with Crippen molar-refractivity contribution in [2.24, 2.45) is 0 Å². The molecule has 1 aliphatic rings. The first kappa shape index (κ1) is 16.5. The van der Waals surface area contributed by atoms with Gasteiger partial charge in [-0.1, -0.05) is 6.07 Å². The lowest BCUT2D eigenvalue weighted by atomic mass is 10.1. The first-order valence-electron chi connectivity index (χ1n) is 7.26. The van der Waals surface area contributed by atoms with E-state index in [-0.39, 0.29) is 24.3 Å². The molecule has 1 fully saturated rings. The molecule has 1 heterocycles. The minimum atomic E-state index is -0.825. The number of hydrogen-bond acceptors (Lipinski definition) is 5. The molecule has 0 saturated heterocycles. The summed E-state index contributed by atoms with van der Waals surface area (Å²) in [6, 6.07) is 3.50. The number of carbonyl (C=O) groups excluding carboxylic acids is 3. The Labute approximate surface area is 133 Å². The van der Waals surface area contributed by atoms with Crippen LogP contribution in [-0.4, -0.2) is 29.9 Å². The molecule has 1 aromatic rings. The molecule has 7 heteroatoms. The number of hydrogen-bond donors (Lipinski definition) is 2. The van der Waals surface area contributed by atoms with Gasteiger partial charge in [-0.05, 0) is 31.2 Å². The molecular weight excluding hydrogens is 304 g/mol. The lowest BCUT2D eigenvalue weighted by Gasteiger charge is -2.18. The van der Waals surface area contributed by atoms with E-state index in [9.17, 15) is 14.4 Å². The molecule has 2 N–H and O–H groups in total. The molecule has 2 amide bonds. The topological polar surface area (TPSA) is 84.5 Å². The van der Waals surface area contributed by atoms with Gasteiger partial charge in [0.15, 0.2) is 6.10 Å². The summed E-state index contributed by atoms with van der Waals surface area (Å²) >= 11 is 1.46. The van der Waals surface area contributed by atoms with Crippen molar-refractivity contribution in [2.75, 3.05) is 0 Å². The maximum Gasteiger partial charge on any atom is 0.309 e. The number of rotatable bonds is 7. The van der Waals surface area contributed by atoms with Crippen molar-refractivity contribution in [3.63, 3.8) is 0 Å². The van der Waals surface area contributed by atoms with Crippen LogP contribution in [0.1, 0.15) is 44.0 Å². The van der Waals surface area contributed by atoms with Gasteiger partial charge in [0.05, 0.1) is 12.5 Å². The van der Waals surface area contributed by atoms with Gasteiger partial charge in [0, 0.05) is 17.8 Å². The van der Waals surface area contributed by atoms with Gasteiger partial charge in [-0.25, -0.2) is 0 Å². The first-order valence-corrected chi connectivity index (χ1v) is 8.14. The quantitative estimate of drug-likeness (QED) is 0.745.